The van der Waals surface area contributed by atoms with Crippen molar-refractivity contribution < 1.29 is 19.1 Å². The highest BCUT2D eigenvalue weighted by atomic mass is 79.9. The van der Waals surface area contributed by atoms with Gasteiger partial charge in [-0.05, 0) is 51.9 Å². The minimum atomic E-state index is -0.271. The molecule has 0 N–H and O–H groups in total. The molecule has 27 heavy (non-hydrogen) atoms. The Hall–Kier alpha value is -2.66. The molecule has 4 atom stereocenters. The zero-order valence-corrected chi connectivity index (χ0v) is 16.0. The van der Waals surface area contributed by atoms with Crippen molar-refractivity contribution in [2.75, 3.05) is 13.7 Å². The van der Waals surface area contributed by atoms with Gasteiger partial charge in [-0.2, -0.15) is 15.4 Å². The van der Waals surface area contributed by atoms with Gasteiger partial charge in [0.15, 0.2) is 18.1 Å². The summed E-state index contributed by atoms with van der Waals surface area (Å²) in [5, 5.41) is 13.8. The van der Waals surface area contributed by atoms with Gasteiger partial charge in [0.1, 0.15) is 6.07 Å². The van der Waals surface area contributed by atoms with Crippen molar-refractivity contribution in [3.8, 4) is 17.6 Å². The lowest BCUT2D eigenvalue weighted by Crippen LogP contribution is -2.28. The van der Waals surface area contributed by atoms with Gasteiger partial charge in [0.25, 0.3) is 11.8 Å². The molecule has 2 amide bonds. The number of nitriles is 1. The molecule has 138 valence electrons. The van der Waals surface area contributed by atoms with Crippen LogP contribution in [0.2, 0.25) is 0 Å². The van der Waals surface area contributed by atoms with E-state index in [2.05, 4.69) is 21.0 Å². The minimum absolute atomic E-state index is 0.113. The second kappa shape index (κ2) is 6.82. The Morgan fingerprint density at radius 3 is 2.56 bits per heavy atom. The van der Waals surface area contributed by atoms with Crippen LogP contribution < -0.4 is 9.47 Å². The lowest BCUT2D eigenvalue weighted by Gasteiger charge is -2.13. The maximum atomic E-state index is 12.6. The summed E-state index contributed by atoms with van der Waals surface area (Å²) in [4.78, 5) is 25.3. The van der Waals surface area contributed by atoms with Crippen molar-refractivity contribution >= 4 is 34.0 Å². The molecule has 4 rings (SSSR count). The van der Waals surface area contributed by atoms with Crippen molar-refractivity contribution in [1.29, 1.82) is 5.26 Å². The molecule has 1 aliphatic heterocycles. The smallest absolute Gasteiger partial charge is 0.254 e. The predicted octanol–water partition coefficient (Wildman–Crippen LogP) is 2.50. The molecular weight excluding hydrogens is 414 g/mol. The van der Waals surface area contributed by atoms with Crippen molar-refractivity contribution in [3.05, 3.63) is 34.3 Å². The van der Waals surface area contributed by atoms with E-state index in [-0.39, 0.29) is 42.1 Å². The van der Waals surface area contributed by atoms with Crippen molar-refractivity contribution in [2.24, 2.45) is 28.8 Å². The first-order valence-electron chi connectivity index (χ1n) is 8.52. The zero-order valence-electron chi connectivity index (χ0n) is 14.5. The van der Waals surface area contributed by atoms with Crippen LogP contribution in [-0.4, -0.2) is 36.8 Å². The number of carbonyl (C=O) groups is 2. The van der Waals surface area contributed by atoms with Gasteiger partial charge in [0.05, 0.1) is 29.6 Å². The normalized spacial score (nSPS) is 28.1. The lowest BCUT2D eigenvalue weighted by atomic mass is 9.85. The number of nitrogens with zero attached hydrogens (tertiary/aromatic N) is 3. The molecule has 0 spiro atoms. The topological polar surface area (TPSA) is 92.0 Å². The third-order valence-electron chi connectivity index (χ3n) is 5.30. The molecule has 2 fully saturated rings. The standard InChI is InChI=1S/C19H16BrN3O4/c1-26-14-7-10(6-13(20)17(14)27-5-4-21)9-22-23-18(24)15-11-2-3-12(8-11)16(15)19(23)25/h2-3,6-7,9,11-12,15-16H,5,8H2,1H3/t11-,12-,15-,16+/m0/s1. The van der Waals surface area contributed by atoms with Crippen molar-refractivity contribution in [3.63, 3.8) is 0 Å². The van der Waals surface area contributed by atoms with Gasteiger partial charge in [-0.25, -0.2) is 0 Å². The molecule has 2 bridgehead atoms. The summed E-state index contributed by atoms with van der Waals surface area (Å²) in [5.41, 5.74) is 0.627. The first kappa shape index (κ1) is 17.7. The number of hydrogen-bond acceptors (Lipinski definition) is 6. The number of ether oxygens (including phenoxy) is 2. The summed E-state index contributed by atoms with van der Waals surface area (Å²) in [6, 6.07) is 5.28. The second-order valence-corrected chi connectivity index (χ2v) is 7.57. The van der Waals surface area contributed by atoms with Gasteiger partial charge >= 0.3 is 0 Å². The monoisotopic (exact) mass is 429 g/mol. The number of rotatable bonds is 5. The summed E-state index contributed by atoms with van der Waals surface area (Å²) in [6.45, 7) is -0.113. The van der Waals surface area contributed by atoms with Gasteiger partial charge in [0, 0.05) is 0 Å². The fourth-order valence-electron chi connectivity index (χ4n) is 4.18. The lowest BCUT2D eigenvalue weighted by molar-refractivity contribution is -0.140. The van der Waals surface area contributed by atoms with Gasteiger partial charge in [-0.15, -0.1) is 0 Å². The highest BCUT2D eigenvalue weighted by molar-refractivity contribution is 9.10. The molecule has 1 saturated carbocycles. The Morgan fingerprint density at radius 1 is 1.30 bits per heavy atom. The summed E-state index contributed by atoms with van der Waals surface area (Å²) in [5.74, 6) is 0.141. The maximum absolute atomic E-state index is 12.6. The summed E-state index contributed by atoms with van der Waals surface area (Å²) in [7, 11) is 1.49. The fourth-order valence-corrected chi connectivity index (χ4v) is 4.76. The molecule has 8 heteroatoms. The largest absolute Gasteiger partial charge is 0.493 e. The first-order chi connectivity index (χ1) is 13.0. The van der Waals surface area contributed by atoms with Crippen LogP contribution in [0.25, 0.3) is 0 Å². The van der Waals surface area contributed by atoms with Crippen molar-refractivity contribution in [1.82, 2.24) is 5.01 Å². The molecule has 2 aliphatic carbocycles. The first-order valence-corrected chi connectivity index (χ1v) is 9.32. The highest BCUT2D eigenvalue weighted by Crippen LogP contribution is 2.52. The molecule has 1 heterocycles. The SMILES string of the molecule is COc1cc(C=NN2C(=O)[C@@H]3[C@H](C2=O)[C@H]2C=C[C@H]3C2)cc(Br)c1OCC#N. The number of fused-ring (bicyclic) bond motifs is 5. The Morgan fingerprint density at radius 2 is 1.96 bits per heavy atom. The van der Waals surface area contributed by atoms with Gasteiger partial charge in [-0.3, -0.25) is 9.59 Å². The predicted molar refractivity (Wildman–Crippen MR) is 99.0 cm³/mol. The zero-order chi connectivity index (χ0) is 19.1. The van der Waals surface area contributed by atoms with E-state index in [0.717, 1.165) is 11.4 Å². The molecular formula is C19H16BrN3O4. The fraction of sp³-hybridized carbons (Fsp3) is 0.368. The Bertz CT molecular complexity index is 890. The van der Waals surface area contributed by atoms with Gasteiger partial charge in [0.2, 0.25) is 0 Å². The Kier molecular flexibility index (Phi) is 4.48. The third kappa shape index (κ3) is 2.82. The molecule has 0 unspecified atom stereocenters. The third-order valence-corrected chi connectivity index (χ3v) is 5.89. The number of benzene rings is 1. The number of allylic oxidation sites excluding steroid dienone is 2. The Balaban J connectivity index is 1.57. The molecule has 0 radical (unpaired) electrons. The number of hydrogen-bond donors (Lipinski definition) is 0. The quantitative estimate of drug-likeness (QED) is 0.407. The second-order valence-electron chi connectivity index (χ2n) is 6.71. The Labute approximate surface area is 164 Å². The van der Waals surface area contributed by atoms with Crippen LogP contribution in [0.4, 0.5) is 0 Å². The summed E-state index contributed by atoms with van der Waals surface area (Å²) >= 11 is 3.38. The number of methoxy groups -OCH3 is 1. The number of hydrazone groups is 1. The van der Waals surface area contributed by atoms with E-state index in [1.807, 2.05) is 18.2 Å². The van der Waals surface area contributed by atoms with E-state index < -0.39 is 0 Å². The molecule has 1 saturated heterocycles. The van der Waals surface area contributed by atoms with Crippen LogP contribution in [0.3, 0.4) is 0 Å². The number of halogens is 1. The van der Waals surface area contributed by atoms with E-state index >= 15 is 0 Å². The average molecular weight is 430 g/mol. The van der Waals surface area contributed by atoms with Crippen molar-refractivity contribution in [2.45, 2.75) is 6.42 Å². The van der Waals surface area contributed by atoms with Gasteiger partial charge in [-0.1, -0.05) is 12.2 Å². The average Bonchev–Trinajstić information content (AvgIpc) is 3.33. The van der Waals surface area contributed by atoms with E-state index in [9.17, 15) is 9.59 Å². The highest BCUT2D eigenvalue weighted by Gasteiger charge is 2.59. The van der Waals surface area contributed by atoms with Crippen LogP contribution >= 0.6 is 15.9 Å². The van der Waals surface area contributed by atoms with E-state index in [1.165, 1.54) is 13.3 Å². The molecule has 1 aromatic rings. The number of amides is 2. The molecule has 3 aliphatic rings. The van der Waals surface area contributed by atoms with E-state index in [0.29, 0.717) is 21.5 Å². The number of imide groups is 1. The van der Waals surface area contributed by atoms with E-state index in [4.69, 9.17) is 14.7 Å². The molecule has 1 aromatic carbocycles. The summed E-state index contributed by atoms with van der Waals surface area (Å²) < 4.78 is 11.2. The minimum Gasteiger partial charge on any atom is -0.493 e. The van der Waals surface area contributed by atoms with Gasteiger partial charge < -0.3 is 9.47 Å². The molecule has 0 aromatic heterocycles. The van der Waals surface area contributed by atoms with Crippen LogP contribution in [0, 0.1) is 35.0 Å². The number of carbonyl (C=O) groups excluding carboxylic acids is 2. The van der Waals surface area contributed by atoms with E-state index in [1.54, 1.807) is 12.1 Å². The van der Waals surface area contributed by atoms with Crippen LogP contribution in [0.15, 0.2) is 33.9 Å². The van der Waals surface area contributed by atoms with Crippen LogP contribution in [0.1, 0.15) is 12.0 Å². The molecule has 7 nitrogen and oxygen atoms in total. The van der Waals surface area contributed by atoms with Crippen LogP contribution in [0.5, 0.6) is 11.5 Å². The maximum Gasteiger partial charge on any atom is 0.254 e. The van der Waals surface area contributed by atoms with Crippen LogP contribution in [-0.2, 0) is 9.59 Å². The summed E-state index contributed by atoms with van der Waals surface area (Å²) in [6.07, 6.45) is 6.44.